The van der Waals surface area contributed by atoms with Crippen LogP contribution in [0.1, 0.15) is 64.5 Å². The van der Waals surface area contributed by atoms with E-state index in [0.717, 1.165) is 29.6 Å². The average molecular weight is 405 g/mol. The van der Waals surface area contributed by atoms with Crippen molar-refractivity contribution in [1.29, 1.82) is 0 Å². The van der Waals surface area contributed by atoms with Gasteiger partial charge in [0.2, 0.25) is 0 Å². The van der Waals surface area contributed by atoms with Gasteiger partial charge in [-0.2, -0.15) is 0 Å². The Morgan fingerprint density at radius 3 is 2.48 bits per heavy atom. The maximum atomic E-state index is 13.8. The monoisotopic (exact) mass is 404 g/mol. The molecule has 0 aliphatic heterocycles. The molecule has 0 amide bonds. The molecule has 0 saturated carbocycles. The molecule has 1 aromatic carbocycles. The zero-order valence-electron chi connectivity index (χ0n) is 18.0. The fraction of sp³-hybridized carbons (Fsp3) is 0.542. The fourth-order valence-corrected chi connectivity index (χ4v) is 4.60. The van der Waals surface area contributed by atoms with E-state index < -0.39 is 24.6 Å². The number of carbonyl (C=O) groups is 1. The summed E-state index contributed by atoms with van der Waals surface area (Å²) in [7, 11) is 0. The summed E-state index contributed by atoms with van der Waals surface area (Å²) in [6.07, 6.45) is 2.83. The van der Waals surface area contributed by atoms with Gasteiger partial charge in [0.05, 0.1) is 18.6 Å². The van der Waals surface area contributed by atoms with Gasteiger partial charge in [0.15, 0.2) is 0 Å². The van der Waals surface area contributed by atoms with Crippen molar-refractivity contribution in [2.24, 2.45) is 10.8 Å². The van der Waals surface area contributed by atoms with Crippen LogP contribution in [0, 0.1) is 23.6 Å². The molecule has 4 nitrogen and oxygen atoms in total. The third-order valence-electron chi connectivity index (χ3n) is 5.55. The molecule has 0 unspecified atom stereocenters. The van der Waals surface area contributed by atoms with Gasteiger partial charge >= 0.3 is 5.97 Å². The van der Waals surface area contributed by atoms with E-state index in [1.165, 1.54) is 6.07 Å². The molecule has 160 valence electrons. The van der Waals surface area contributed by atoms with Crippen LogP contribution in [0.25, 0.3) is 5.57 Å². The quantitative estimate of drug-likeness (QED) is 0.605. The topological polar surface area (TPSA) is 77.8 Å². The van der Waals surface area contributed by atoms with Gasteiger partial charge in [-0.1, -0.05) is 45.9 Å². The lowest BCUT2D eigenvalue weighted by atomic mass is 9.61. The Kier molecular flexibility index (Phi) is 7.07. The molecule has 0 bridgehead atoms. The highest BCUT2D eigenvalue weighted by Gasteiger charge is 2.38. The first-order chi connectivity index (χ1) is 13.3. The summed E-state index contributed by atoms with van der Waals surface area (Å²) in [5.41, 5.74) is 3.70. The normalized spacial score (nSPS) is 20.7. The number of aliphatic carboxylic acids is 1. The van der Waals surface area contributed by atoms with Crippen LogP contribution in [0.3, 0.4) is 0 Å². The maximum absolute atomic E-state index is 13.8. The molecule has 2 atom stereocenters. The number of carboxylic acids is 1. The van der Waals surface area contributed by atoms with E-state index in [-0.39, 0.29) is 23.1 Å². The van der Waals surface area contributed by atoms with Gasteiger partial charge in [-0.15, -0.1) is 0 Å². The predicted octanol–water partition coefficient (Wildman–Crippen LogP) is 4.88. The molecule has 3 N–H and O–H groups in total. The summed E-state index contributed by atoms with van der Waals surface area (Å²) < 4.78 is 13.8. The highest BCUT2D eigenvalue weighted by Crippen LogP contribution is 2.52. The van der Waals surface area contributed by atoms with Crippen molar-refractivity contribution >= 4 is 11.5 Å². The Hall–Kier alpha value is -1.98. The fourth-order valence-electron chi connectivity index (χ4n) is 4.60. The second-order valence-electron chi connectivity index (χ2n) is 9.67. The molecule has 29 heavy (non-hydrogen) atoms. The van der Waals surface area contributed by atoms with Crippen LogP contribution in [-0.4, -0.2) is 33.5 Å². The summed E-state index contributed by atoms with van der Waals surface area (Å²) in [4.78, 5) is 10.7. The third-order valence-corrected chi connectivity index (χ3v) is 5.55. The van der Waals surface area contributed by atoms with Crippen LogP contribution < -0.4 is 0 Å². The highest BCUT2D eigenvalue weighted by molar-refractivity contribution is 5.74. The van der Waals surface area contributed by atoms with E-state index in [1.807, 2.05) is 12.1 Å². The number of benzene rings is 1. The van der Waals surface area contributed by atoms with Crippen LogP contribution in [0.2, 0.25) is 0 Å². The molecule has 0 aromatic heterocycles. The van der Waals surface area contributed by atoms with Gasteiger partial charge in [-0.05, 0) is 65.0 Å². The van der Waals surface area contributed by atoms with Crippen LogP contribution in [-0.2, 0) is 4.79 Å². The number of aliphatic hydroxyl groups excluding tert-OH is 2. The zero-order valence-corrected chi connectivity index (χ0v) is 18.0. The minimum absolute atomic E-state index is 0.0347. The maximum Gasteiger partial charge on any atom is 0.305 e. The SMILES string of the molecule is Cc1cc(C2=C(/C=C/[C@H](O)C[C@H](O)CC(=O)O)C(C)(C)CC(C)(C)C2)ccc1F. The number of aliphatic hydroxyl groups is 2. The molecule has 0 radical (unpaired) electrons. The Balaban J connectivity index is 2.41. The molecule has 1 aliphatic carbocycles. The average Bonchev–Trinajstić information content (AvgIpc) is 2.53. The van der Waals surface area contributed by atoms with Crippen molar-refractivity contribution in [3.63, 3.8) is 0 Å². The smallest absolute Gasteiger partial charge is 0.305 e. The first-order valence-electron chi connectivity index (χ1n) is 10.1. The van der Waals surface area contributed by atoms with Crippen LogP contribution in [0.5, 0.6) is 0 Å². The predicted molar refractivity (Wildman–Crippen MR) is 113 cm³/mol. The lowest BCUT2D eigenvalue weighted by Crippen LogP contribution is -2.30. The van der Waals surface area contributed by atoms with E-state index in [1.54, 1.807) is 19.1 Å². The van der Waals surface area contributed by atoms with E-state index in [9.17, 15) is 19.4 Å². The molecule has 0 saturated heterocycles. The number of halogens is 1. The zero-order chi connectivity index (χ0) is 22.0. The Morgan fingerprint density at radius 1 is 1.24 bits per heavy atom. The van der Waals surface area contributed by atoms with Crippen LogP contribution in [0.4, 0.5) is 4.39 Å². The number of rotatable bonds is 7. The van der Waals surface area contributed by atoms with Crippen molar-refractivity contribution in [2.75, 3.05) is 0 Å². The van der Waals surface area contributed by atoms with E-state index in [0.29, 0.717) is 5.56 Å². The number of allylic oxidation sites excluding steroid dienone is 3. The molecular formula is C24H33FO4. The highest BCUT2D eigenvalue weighted by atomic mass is 19.1. The van der Waals surface area contributed by atoms with Crippen molar-refractivity contribution in [3.05, 3.63) is 52.9 Å². The third kappa shape index (κ3) is 6.25. The molecule has 5 heteroatoms. The standard InChI is InChI=1S/C24H33FO4/c1-15-10-16(6-9-21(15)25)19-13-23(2,3)14-24(4,5)20(19)8-7-17(26)11-18(27)12-22(28)29/h6-10,17-18,26-27H,11-14H2,1-5H3,(H,28,29)/b8-7+/t17-,18-/m0/s1. The summed E-state index contributed by atoms with van der Waals surface area (Å²) in [6, 6.07) is 5.16. The largest absolute Gasteiger partial charge is 0.481 e. The number of hydrogen-bond acceptors (Lipinski definition) is 3. The molecular weight excluding hydrogens is 371 g/mol. The van der Waals surface area contributed by atoms with Gasteiger partial charge in [0.1, 0.15) is 5.82 Å². The summed E-state index contributed by atoms with van der Waals surface area (Å²) >= 11 is 0. The molecule has 1 aliphatic rings. The minimum Gasteiger partial charge on any atom is -0.481 e. The van der Waals surface area contributed by atoms with E-state index >= 15 is 0 Å². The summed E-state index contributed by atoms with van der Waals surface area (Å²) in [6.45, 7) is 10.5. The second kappa shape index (κ2) is 8.80. The van der Waals surface area contributed by atoms with Crippen molar-refractivity contribution < 1.29 is 24.5 Å². The first-order valence-corrected chi connectivity index (χ1v) is 10.1. The molecule has 0 spiro atoms. The first kappa shape index (κ1) is 23.3. The Labute approximate surface area is 172 Å². The molecule has 0 heterocycles. The van der Waals surface area contributed by atoms with Gasteiger partial charge in [-0.3, -0.25) is 4.79 Å². The summed E-state index contributed by atoms with van der Waals surface area (Å²) in [5, 5.41) is 28.8. The molecule has 0 fully saturated rings. The van der Waals surface area contributed by atoms with Crippen molar-refractivity contribution in [3.8, 4) is 0 Å². The minimum atomic E-state index is -1.10. The van der Waals surface area contributed by atoms with Crippen LogP contribution >= 0.6 is 0 Å². The number of carboxylic acid groups (broad SMARTS) is 1. The van der Waals surface area contributed by atoms with E-state index in [2.05, 4.69) is 27.7 Å². The molecule has 2 rings (SSSR count). The lowest BCUT2D eigenvalue weighted by Gasteiger charge is -2.43. The molecule has 1 aromatic rings. The second-order valence-corrected chi connectivity index (χ2v) is 9.67. The Bertz CT molecular complexity index is 820. The van der Waals surface area contributed by atoms with Gasteiger partial charge in [0.25, 0.3) is 0 Å². The lowest BCUT2D eigenvalue weighted by molar-refractivity contribution is -0.139. The van der Waals surface area contributed by atoms with E-state index in [4.69, 9.17) is 5.11 Å². The summed E-state index contributed by atoms with van der Waals surface area (Å²) in [5.74, 6) is -1.33. The van der Waals surface area contributed by atoms with Crippen molar-refractivity contribution in [2.45, 2.75) is 72.5 Å². The number of hydrogen-bond donors (Lipinski definition) is 3. The van der Waals surface area contributed by atoms with Gasteiger partial charge in [0, 0.05) is 6.42 Å². The van der Waals surface area contributed by atoms with Crippen molar-refractivity contribution in [1.82, 2.24) is 0 Å². The van der Waals surface area contributed by atoms with Crippen LogP contribution in [0.15, 0.2) is 35.9 Å². The van der Waals surface area contributed by atoms with Gasteiger partial charge < -0.3 is 15.3 Å². The Morgan fingerprint density at radius 2 is 1.90 bits per heavy atom. The van der Waals surface area contributed by atoms with Gasteiger partial charge in [-0.25, -0.2) is 4.39 Å². The number of aryl methyl sites for hydroxylation is 1.